The Morgan fingerprint density at radius 1 is 1.50 bits per heavy atom. The lowest BCUT2D eigenvalue weighted by molar-refractivity contribution is 0.0696. The van der Waals surface area contributed by atoms with E-state index in [4.69, 9.17) is 5.11 Å². The van der Waals surface area contributed by atoms with Crippen LogP contribution in [0.15, 0.2) is 40.2 Å². The van der Waals surface area contributed by atoms with Crippen LogP contribution < -0.4 is 0 Å². The molecule has 0 aliphatic heterocycles. The van der Waals surface area contributed by atoms with Gasteiger partial charge in [-0.25, -0.2) is 13.2 Å². The smallest absolute Gasteiger partial charge is 0.335 e. The van der Waals surface area contributed by atoms with Gasteiger partial charge in [0.1, 0.15) is 0 Å². The maximum absolute atomic E-state index is 12.6. The first-order valence-electron chi connectivity index (χ1n) is 6.03. The van der Waals surface area contributed by atoms with E-state index in [2.05, 4.69) is 22.5 Å². The second kappa shape index (κ2) is 5.67. The number of carboxylic acid groups (broad SMARTS) is 1. The van der Waals surface area contributed by atoms with Gasteiger partial charge < -0.3 is 5.11 Å². The molecule has 0 saturated heterocycles. The molecule has 108 valence electrons. The Morgan fingerprint density at radius 3 is 2.60 bits per heavy atom. The predicted octanol–water partition coefficient (Wildman–Crippen LogP) is 2.49. The summed E-state index contributed by atoms with van der Waals surface area (Å²) in [6.07, 6.45) is 3.24. The Morgan fingerprint density at radius 2 is 2.15 bits per heavy atom. The molecule has 1 N–H and O–H groups in total. The molecule has 0 atom stereocenters. The fourth-order valence-corrected chi connectivity index (χ4v) is 4.60. The zero-order valence-electron chi connectivity index (χ0n) is 10.6. The average molecular weight is 360 g/mol. The first kappa shape index (κ1) is 15.2. The minimum Gasteiger partial charge on any atom is -0.478 e. The second-order valence-corrected chi connectivity index (χ2v) is 7.26. The van der Waals surface area contributed by atoms with Gasteiger partial charge in [0.05, 0.1) is 10.5 Å². The molecule has 1 fully saturated rings. The Bertz CT molecular complexity index is 652. The molecule has 2 rings (SSSR count). The number of carboxylic acids is 1. The van der Waals surface area contributed by atoms with Gasteiger partial charge in [-0.05, 0) is 47.0 Å². The van der Waals surface area contributed by atoms with Gasteiger partial charge in [0.2, 0.25) is 10.0 Å². The van der Waals surface area contributed by atoms with E-state index in [1.165, 1.54) is 22.5 Å². The predicted molar refractivity (Wildman–Crippen MR) is 78.2 cm³/mol. The van der Waals surface area contributed by atoms with Crippen LogP contribution in [0.2, 0.25) is 0 Å². The topological polar surface area (TPSA) is 74.7 Å². The summed E-state index contributed by atoms with van der Waals surface area (Å²) in [6.45, 7) is 3.83. The van der Waals surface area contributed by atoms with Crippen molar-refractivity contribution >= 4 is 31.9 Å². The molecule has 1 aromatic carbocycles. The Balaban J connectivity index is 2.42. The number of carbonyl (C=O) groups is 1. The molecule has 1 aliphatic rings. The molecule has 0 radical (unpaired) electrons. The lowest BCUT2D eigenvalue weighted by atomic mass is 10.2. The van der Waals surface area contributed by atoms with Crippen molar-refractivity contribution in [3.8, 4) is 0 Å². The summed E-state index contributed by atoms with van der Waals surface area (Å²) in [4.78, 5) is 11.0. The van der Waals surface area contributed by atoms with Crippen LogP contribution in [0.1, 0.15) is 23.2 Å². The molecule has 0 unspecified atom stereocenters. The van der Waals surface area contributed by atoms with Crippen molar-refractivity contribution in [2.75, 3.05) is 6.54 Å². The van der Waals surface area contributed by atoms with Crippen LogP contribution in [0.4, 0.5) is 0 Å². The molecular weight excluding hydrogens is 346 g/mol. The first-order chi connectivity index (χ1) is 9.37. The largest absolute Gasteiger partial charge is 0.478 e. The molecule has 0 spiro atoms. The van der Waals surface area contributed by atoms with Gasteiger partial charge in [-0.3, -0.25) is 0 Å². The van der Waals surface area contributed by atoms with E-state index in [0.29, 0.717) is 0 Å². The van der Waals surface area contributed by atoms with Gasteiger partial charge in [0.25, 0.3) is 0 Å². The normalized spacial score (nSPS) is 15.3. The van der Waals surface area contributed by atoms with Gasteiger partial charge in [-0.1, -0.05) is 6.08 Å². The van der Waals surface area contributed by atoms with Crippen LogP contribution in [-0.4, -0.2) is 36.4 Å². The van der Waals surface area contributed by atoms with E-state index in [1.807, 2.05) is 0 Å². The van der Waals surface area contributed by atoms with Crippen LogP contribution in [0, 0.1) is 0 Å². The van der Waals surface area contributed by atoms with E-state index >= 15 is 0 Å². The number of nitrogens with zero attached hydrogens (tertiary/aromatic N) is 1. The van der Waals surface area contributed by atoms with Crippen molar-refractivity contribution in [1.82, 2.24) is 4.31 Å². The van der Waals surface area contributed by atoms with Gasteiger partial charge in [0.15, 0.2) is 0 Å². The molecule has 1 saturated carbocycles. The number of benzene rings is 1. The number of rotatable bonds is 6. The highest BCUT2D eigenvalue weighted by atomic mass is 79.9. The van der Waals surface area contributed by atoms with Gasteiger partial charge in [-0.15, -0.1) is 6.58 Å². The molecule has 0 amide bonds. The third-order valence-electron chi connectivity index (χ3n) is 3.03. The van der Waals surface area contributed by atoms with Gasteiger partial charge in [0, 0.05) is 17.1 Å². The monoisotopic (exact) mass is 359 g/mol. The van der Waals surface area contributed by atoms with E-state index in [1.54, 1.807) is 6.08 Å². The lowest BCUT2D eigenvalue weighted by Gasteiger charge is -2.21. The Kier molecular flexibility index (Phi) is 4.31. The van der Waals surface area contributed by atoms with Crippen molar-refractivity contribution in [1.29, 1.82) is 0 Å². The average Bonchev–Trinajstić information content (AvgIpc) is 3.19. The molecular formula is C13H14BrNO4S. The summed E-state index contributed by atoms with van der Waals surface area (Å²) < 4.78 is 26.9. The quantitative estimate of drug-likeness (QED) is 0.791. The summed E-state index contributed by atoms with van der Waals surface area (Å²) in [5, 5.41) is 8.90. The third-order valence-corrected chi connectivity index (χ3v) is 5.92. The lowest BCUT2D eigenvalue weighted by Crippen LogP contribution is -2.33. The molecule has 1 aliphatic carbocycles. The highest BCUT2D eigenvalue weighted by Gasteiger charge is 2.38. The highest BCUT2D eigenvalue weighted by Crippen LogP contribution is 2.34. The summed E-state index contributed by atoms with van der Waals surface area (Å²) in [5.41, 5.74) is 0.0394. The van der Waals surface area contributed by atoms with Crippen molar-refractivity contribution in [2.24, 2.45) is 0 Å². The zero-order chi connectivity index (χ0) is 14.9. The summed E-state index contributed by atoms with van der Waals surface area (Å²) in [5.74, 6) is -1.10. The third kappa shape index (κ3) is 2.94. The van der Waals surface area contributed by atoms with Crippen molar-refractivity contribution in [2.45, 2.75) is 23.8 Å². The van der Waals surface area contributed by atoms with Crippen molar-refractivity contribution < 1.29 is 18.3 Å². The number of aromatic carboxylic acids is 1. The van der Waals surface area contributed by atoms with Gasteiger partial charge >= 0.3 is 5.97 Å². The van der Waals surface area contributed by atoms with Crippen LogP contribution in [-0.2, 0) is 10.0 Å². The summed E-state index contributed by atoms with van der Waals surface area (Å²) in [7, 11) is -3.65. The second-order valence-electron chi connectivity index (χ2n) is 4.54. The Hall–Kier alpha value is -1.18. The van der Waals surface area contributed by atoms with Crippen molar-refractivity contribution in [3.63, 3.8) is 0 Å². The molecule has 5 nitrogen and oxygen atoms in total. The molecule has 0 heterocycles. The van der Waals surface area contributed by atoms with Crippen molar-refractivity contribution in [3.05, 3.63) is 40.9 Å². The molecule has 0 aromatic heterocycles. The molecule has 0 bridgehead atoms. The number of hydrogen-bond donors (Lipinski definition) is 1. The zero-order valence-corrected chi connectivity index (χ0v) is 13.0. The number of hydrogen-bond acceptors (Lipinski definition) is 3. The number of sulfonamides is 1. The van der Waals surface area contributed by atoms with Crippen LogP contribution in [0.3, 0.4) is 0 Å². The fraction of sp³-hybridized carbons (Fsp3) is 0.308. The maximum Gasteiger partial charge on any atom is 0.335 e. The molecule has 20 heavy (non-hydrogen) atoms. The van der Waals surface area contributed by atoms with E-state index in [9.17, 15) is 13.2 Å². The first-order valence-corrected chi connectivity index (χ1v) is 8.27. The van der Waals surface area contributed by atoms with E-state index in [-0.39, 0.29) is 27.5 Å². The summed E-state index contributed by atoms with van der Waals surface area (Å²) in [6, 6.07) is 3.93. The number of halogens is 1. The SMILES string of the molecule is C=CCN(C1CC1)S(=O)(=O)c1ccc(C(=O)O)cc1Br. The minimum atomic E-state index is -3.65. The van der Waals surface area contributed by atoms with E-state index < -0.39 is 16.0 Å². The summed E-state index contributed by atoms with van der Waals surface area (Å²) >= 11 is 3.15. The van der Waals surface area contributed by atoms with Gasteiger partial charge in [-0.2, -0.15) is 4.31 Å². The Labute approximate surface area is 126 Å². The van der Waals surface area contributed by atoms with Crippen LogP contribution in [0.25, 0.3) is 0 Å². The fourth-order valence-electron chi connectivity index (χ4n) is 1.90. The van der Waals surface area contributed by atoms with E-state index in [0.717, 1.165) is 12.8 Å². The van der Waals surface area contributed by atoms with Crippen LogP contribution >= 0.6 is 15.9 Å². The van der Waals surface area contributed by atoms with Crippen LogP contribution in [0.5, 0.6) is 0 Å². The molecule has 1 aromatic rings. The standard InChI is InChI=1S/C13H14BrNO4S/c1-2-7-15(10-4-5-10)20(18,19)12-6-3-9(13(16)17)8-11(12)14/h2-3,6,8,10H,1,4-5,7H2,(H,16,17). The maximum atomic E-state index is 12.6. The highest BCUT2D eigenvalue weighted by molar-refractivity contribution is 9.10. The minimum absolute atomic E-state index is 0.0176. The molecule has 7 heteroatoms.